The Balaban J connectivity index is 1.71. The van der Waals surface area contributed by atoms with E-state index in [2.05, 4.69) is 62.5 Å². The molecule has 2 fully saturated rings. The van der Waals surface area contributed by atoms with Crippen molar-refractivity contribution >= 4 is 5.97 Å². The number of ether oxygens (including phenoxy) is 6. The number of unbranched alkanes of at least 4 members (excludes halogenated alkanes) is 23. The lowest BCUT2D eigenvalue weighted by Gasteiger charge is -2.42. The van der Waals surface area contributed by atoms with E-state index < -0.39 is 86.7 Å². The van der Waals surface area contributed by atoms with Crippen LogP contribution in [-0.4, -0.2) is 142 Å². The normalized spacial score (nSPS) is 25.6. The molecule has 0 amide bonds. The Morgan fingerprint density at radius 3 is 1.38 bits per heavy atom. The third-order valence-corrected chi connectivity index (χ3v) is 13.4. The quantitative estimate of drug-likeness (QED) is 0.0172. The maximum Gasteiger partial charge on any atom is 0.306 e. The molecule has 0 spiro atoms. The summed E-state index contributed by atoms with van der Waals surface area (Å²) in [4.78, 5) is 13.0. The van der Waals surface area contributed by atoms with Crippen molar-refractivity contribution in [1.29, 1.82) is 0 Å². The van der Waals surface area contributed by atoms with Gasteiger partial charge in [0.2, 0.25) is 0 Å². The van der Waals surface area contributed by atoms with Crippen molar-refractivity contribution in [2.45, 2.75) is 274 Å². The number of hydrogen-bond acceptors (Lipinski definition) is 14. The summed E-state index contributed by atoms with van der Waals surface area (Å²) < 4.78 is 34.2. The molecule has 7 N–H and O–H groups in total. The van der Waals surface area contributed by atoms with Crippen LogP contribution in [0.5, 0.6) is 0 Å². The topological polar surface area (TPSA) is 214 Å². The Kier molecular flexibility index (Phi) is 40.6. The van der Waals surface area contributed by atoms with Gasteiger partial charge < -0.3 is 64.2 Å². The van der Waals surface area contributed by atoms with Gasteiger partial charge in [-0.3, -0.25) is 4.79 Å². The van der Waals surface area contributed by atoms with Crippen molar-refractivity contribution in [3.05, 3.63) is 48.6 Å². The predicted molar refractivity (Wildman–Crippen MR) is 279 cm³/mol. The van der Waals surface area contributed by atoms with Crippen LogP contribution in [-0.2, 0) is 33.2 Å². The molecule has 414 valence electrons. The van der Waals surface area contributed by atoms with Gasteiger partial charge in [0.15, 0.2) is 12.6 Å². The van der Waals surface area contributed by atoms with Gasteiger partial charge in [0, 0.05) is 13.0 Å². The van der Waals surface area contributed by atoms with Crippen LogP contribution in [0.1, 0.15) is 206 Å². The summed E-state index contributed by atoms with van der Waals surface area (Å²) in [5.41, 5.74) is 0. The highest BCUT2D eigenvalue weighted by Crippen LogP contribution is 2.27. The van der Waals surface area contributed by atoms with Crippen LogP contribution in [0.25, 0.3) is 0 Å². The molecular weight excluding hydrogens is 909 g/mol. The van der Waals surface area contributed by atoms with Crippen molar-refractivity contribution in [1.82, 2.24) is 0 Å². The highest BCUT2D eigenvalue weighted by Gasteiger charge is 2.47. The second-order valence-electron chi connectivity index (χ2n) is 19.7. The number of carbonyl (C=O) groups excluding carboxylic acids is 1. The van der Waals surface area contributed by atoms with Crippen LogP contribution < -0.4 is 0 Å². The van der Waals surface area contributed by atoms with Gasteiger partial charge in [-0.05, 0) is 44.9 Å². The number of aliphatic hydroxyl groups is 7. The number of aliphatic hydroxyl groups excluding tert-OH is 7. The Morgan fingerprint density at radius 1 is 0.479 bits per heavy atom. The van der Waals surface area contributed by atoms with Crippen molar-refractivity contribution < 1.29 is 69.0 Å². The summed E-state index contributed by atoms with van der Waals surface area (Å²) in [7, 11) is 0. The van der Waals surface area contributed by atoms with E-state index in [1.165, 1.54) is 122 Å². The molecule has 2 heterocycles. The molecule has 0 aliphatic carbocycles. The lowest BCUT2D eigenvalue weighted by molar-refractivity contribution is -0.332. The summed E-state index contributed by atoms with van der Waals surface area (Å²) in [5.74, 6) is -0.392. The van der Waals surface area contributed by atoms with Crippen molar-refractivity contribution in [2.75, 3.05) is 33.0 Å². The van der Waals surface area contributed by atoms with Gasteiger partial charge in [0.1, 0.15) is 54.9 Å². The standard InChI is InChI=1S/C57H102O14/c1-3-5-7-9-11-13-15-17-19-20-21-22-23-24-25-26-27-28-30-32-34-36-38-40-49(59)69-46(43-66-41-39-37-35-33-31-29-18-16-14-12-10-8-6-4-2)44-67-56-55(65)53(63)51(61)48(71-56)45-68-57-54(64)52(62)50(60)47(42-58)70-57/h6,8,12,14,18,29,33,35,46-48,50-58,60-65H,3-5,7,9-11,13,15-17,19-28,30-32,34,36-45H2,1-2H3/b8-6-,14-12-,29-18-,35-33-. The van der Waals surface area contributed by atoms with Gasteiger partial charge in [-0.1, -0.05) is 204 Å². The van der Waals surface area contributed by atoms with E-state index in [-0.39, 0.29) is 19.6 Å². The lowest BCUT2D eigenvalue weighted by atomic mass is 9.98. The number of allylic oxidation sites excluding steroid dienone is 8. The fourth-order valence-corrected chi connectivity index (χ4v) is 8.82. The molecule has 14 heteroatoms. The molecule has 2 rings (SSSR count). The van der Waals surface area contributed by atoms with Crippen molar-refractivity contribution in [3.63, 3.8) is 0 Å². The molecule has 0 aromatic heterocycles. The van der Waals surface area contributed by atoms with Crippen molar-refractivity contribution in [2.24, 2.45) is 0 Å². The Bertz CT molecular complexity index is 1360. The molecule has 0 aromatic carbocycles. The fraction of sp³-hybridized carbons (Fsp3) is 0.842. The SMILES string of the molecule is CC/C=C\C/C=C\C/C=C\C/C=C\CCCOCC(COC1OC(COC2OC(CO)C(O)C(O)C2O)C(O)C(O)C1O)OC(=O)CCCCCCCCCCCCCCCCCCCCCCCCC. The number of esters is 1. The molecular formula is C57H102O14. The molecule has 2 saturated heterocycles. The average Bonchev–Trinajstić information content (AvgIpc) is 3.37. The molecule has 0 aromatic rings. The van der Waals surface area contributed by atoms with Gasteiger partial charge >= 0.3 is 5.97 Å². The smallest absolute Gasteiger partial charge is 0.306 e. The predicted octanol–water partition coefficient (Wildman–Crippen LogP) is 9.52. The van der Waals surface area contributed by atoms with Gasteiger partial charge in [-0.25, -0.2) is 0 Å². The number of rotatable bonds is 45. The molecule has 14 nitrogen and oxygen atoms in total. The first kappa shape index (κ1) is 65.1. The minimum Gasteiger partial charge on any atom is -0.457 e. The monoisotopic (exact) mass is 1010 g/mol. The average molecular weight is 1010 g/mol. The van der Waals surface area contributed by atoms with E-state index in [1.807, 2.05) is 0 Å². The first-order chi connectivity index (χ1) is 34.6. The van der Waals surface area contributed by atoms with Crippen LogP contribution in [0.4, 0.5) is 0 Å². The van der Waals surface area contributed by atoms with Crippen LogP contribution in [0.3, 0.4) is 0 Å². The molecule has 0 bridgehead atoms. The summed E-state index contributed by atoms with van der Waals surface area (Å²) in [6, 6.07) is 0. The van der Waals surface area contributed by atoms with Crippen molar-refractivity contribution in [3.8, 4) is 0 Å². The van der Waals surface area contributed by atoms with E-state index in [4.69, 9.17) is 28.4 Å². The minimum absolute atomic E-state index is 0.0248. The Labute approximate surface area is 429 Å². The van der Waals surface area contributed by atoms with E-state index in [9.17, 15) is 40.5 Å². The summed E-state index contributed by atoms with van der Waals surface area (Å²) >= 11 is 0. The minimum atomic E-state index is -1.72. The zero-order chi connectivity index (χ0) is 51.6. The third kappa shape index (κ3) is 31.4. The van der Waals surface area contributed by atoms with E-state index in [0.29, 0.717) is 13.0 Å². The van der Waals surface area contributed by atoms with Gasteiger partial charge in [-0.2, -0.15) is 0 Å². The van der Waals surface area contributed by atoms with Gasteiger partial charge in [0.05, 0.1) is 26.4 Å². The maximum absolute atomic E-state index is 13.0. The Hall–Kier alpha value is -2.05. The number of hydrogen-bond donors (Lipinski definition) is 7. The second kappa shape index (κ2) is 44.3. The summed E-state index contributed by atoms with van der Waals surface area (Å²) in [6.07, 6.45) is 36.3. The highest BCUT2D eigenvalue weighted by atomic mass is 16.7. The molecule has 71 heavy (non-hydrogen) atoms. The lowest BCUT2D eigenvalue weighted by Crippen LogP contribution is -2.61. The van der Waals surface area contributed by atoms with Gasteiger partial charge in [0.25, 0.3) is 0 Å². The molecule has 0 radical (unpaired) electrons. The van der Waals surface area contributed by atoms with Crippen LogP contribution >= 0.6 is 0 Å². The molecule has 0 saturated carbocycles. The summed E-state index contributed by atoms with van der Waals surface area (Å²) in [6.45, 7) is 3.45. The maximum atomic E-state index is 13.0. The zero-order valence-corrected chi connectivity index (χ0v) is 44.2. The zero-order valence-electron chi connectivity index (χ0n) is 44.2. The van der Waals surface area contributed by atoms with Crippen LogP contribution in [0.2, 0.25) is 0 Å². The number of carbonyl (C=O) groups is 1. The fourth-order valence-electron chi connectivity index (χ4n) is 8.82. The largest absolute Gasteiger partial charge is 0.457 e. The van der Waals surface area contributed by atoms with E-state index in [1.54, 1.807) is 0 Å². The first-order valence-electron chi connectivity index (χ1n) is 28.2. The third-order valence-electron chi connectivity index (χ3n) is 13.4. The molecule has 2 aliphatic heterocycles. The van der Waals surface area contributed by atoms with E-state index >= 15 is 0 Å². The van der Waals surface area contributed by atoms with Crippen LogP contribution in [0, 0.1) is 0 Å². The molecule has 11 unspecified atom stereocenters. The Morgan fingerprint density at radius 2 is 0.901 bits per heavy atom. The second-order valence-corrected chi connectivity index (χ2v) is 19.7. The van der Waals surface area contributed by atoms with Crippen LogP contribution in [0.15, 0.2) is 48.6 Å². The first-order valence-corrected chi connectivity index (χ1v) is 28.2. The highest BCUT2D eigenvalue weighted by molar-refractivity contribution is 5.69. The summed E-state index contributed by atoms with van der Waals surface area (Å²) in [5, 5.41) is 72.2. The van der Waals surface area contributed by atoms with E-state index in [0.717, 1.165) is 57.8 Å². The van der Waals surface area contributed by atoms with Gasteiger partial charge in [-0.15, -0.1) is 0 Å². The molecule has 2 aliphatic rings. The molecule has 11 atom stereocenters.